The lowest BCUT2D eigenvalue weighted by Gasteiger charge is -2.07. The van der Waals surface area contributed by atoms with Gasteiger partial charge in [-0.15, -0.1) is 0 Å². The van der Waals surface area contributed by atoms with Crippen molar-refractivity contribution in [3.05, 3.63) is 48.6 Å². The first-order valence-electron chi connectivity index (χ1n) is 6.98. The number of nitrogens with zero attached hydrogens (tertiary/aromatic N) is 2. The van der Waals surface area contributed by atoms with E-state index in [4.69, 9.17) is 13.9 Å². The number of amides is 1. The smallest absolute Gasteiger partial charge is 0.259 e. The minimum Gasteiger partial charge on any atom is -0.472 e. The number of fused-ring (bicyclic) bond motifs is 1. The van der Waals surface area contributed by atoms with Crippen LogP contribution in [0.2, 0.25) is 0 Å². The normalized spacial score (nSPS) is 12.4. The number of rotatable bonds is 3. The maximum Gasteiger partial charge on any atom is 0.259 e. The van der Waals surface area contributed by atoms with Gasteiger partial charge in [0.25, 0.3) is 5.91 Å². The molecule has 23 heavy (non-hydrogen) atoms. The topological polar surface area (TPSA) is 78.5 Å². The highest BCUT2D eigenvalue weighted by Crippen LogP contribution is 2.39. The molecular formula is C16H13N3O4. The van der Waals surface area contributed by atoms with Crippen LogP contribution in [0.1, 0.15) is 10.4 Å². The van der Waals surface area contributed by atoms with Gasteiger partial charge in [-0.2, -0.15) is 5.10 Å². The molecule has 1 aliphatic heterocycles. The van der Waals surface area contributed by atoms with Gasteiger partial charge >= 0.3 is 0 Å². The summed E-state index contributed by atoms with van der Waals surface area (Å²) in [5, 5.41) is 7.17. The van der Waals surface area contributed by atoms with Crippen molar-refractivity contribution in [3.8, 4) is 22.8 Å². The number of nitrogens with one attached hydrogen (secondary N) is 1. The molecule has 0 saturated carbocycles. The van der Waals surface area contributed by atoms with E-state index in [-0.39, 0.29) is 12.7 Å². The van der Waals surface area contributed by atoms with Gasteiger partial charge in [0.15, 0.2) is 11.5 Å². The van der Waals surface area contributed by atoms with E-state index in [1.165, 1.54) is 0 Å². The Morgan fingerprint density at radius 1 is 1.30 bits per heavy atom. The van der Waals surface area contributed by atoms with Crippen LogP contribution in [0.5, 0.6) is 11.5 Å². The summed E-state index contributed by atoms with van der Waals surface area (Å²) >= 11 is 0. The van der Waals surface area contributed by atoms with E-state index in [2.05, 4.69) is 10.4 Å². The van der Waals surface area contributed by atoms with Gasteiger partial charge in [-0.3, -0.25) is 9.48 Å². The largest absolute Gasteiger partial charge is 0.472 e. The number of hydrogen-bond donors (Lipinski definition) is 1. The third kappa shape index (κ3) is 2.32. The van der Waals surface area contributed by atoms with E-state index in [1.807, 2.05) is 0 Å². The summed E-state index contributed by atoms with van der Waals surface area (Å²) in [5.41, 5.74) is 2.31. The van der Waals surface area contributed by atoms with Crippen LogP contribution in [0.15, 0.2) is 47.4 Å². The zero-order valence-electron chi connectivity index (χ0n) is 12.3. The van der Waals surface area contributed by atoms with E-state index < -0.39 is 0 Å². The van der Waals surface area contributed by atoms with Crippen molar-refractivity contribution in [1.29, 1.82) is 0 Å². The van der Waals surface area contributed by atoms with Crippen LogP contribution in [0.4, 0.5) is 5.69 Å². The van der Waals surface area contributed by atoms with Crippen molar-refractivity contribution >= 4 is 11.6 Å². The maximum atomic E-state index is 12.7. The van der Waals surface area contributed by atoms with E-state index in [1.54, 1.807) is 54.7 Å². The first kappa shape index (κ1) is 13.4. The molecule has 1 amide bonds. The predicted molar refractivity (Wildman–Crippen MR) is 81.4 cm³/mol. The molecule has 0 unspecified atom stereocenters. The molecule has 1 aliphatic rings. The second-order valence-corrected chi connectivity index (χ2v) is 5.07. The minimum absolute atomic E-state index is 0.148. The van der Waals surface area contributed by atoms with Crippen LogP contribution in [-0.2, 0) is 7.05 Å². The molecule has 3 heterocycles. The Hall–Kier alpha value is -3.22. The highest BCUT2D eigenvalue weighted by Gasteiger charge is 2.22. The maximum absolute atomic E-state index is 12.7. The molecule has 1 N–H and O–H groups in total. The van der Waals surface area contributed by atoms with Gasteiger partial charge in [0.2, 0.25) is 6.79 Å². The zero-order valence-corrected chi connectivity index (χ0v) is 12.3. The molecule has 7 nitrogen and oxygen atoms in total. The van der Waals surface area contributed by atoms with Gasteiger partial charge in [0.1, 0.15) is 5.69 Å². The number of ether oxygens (including phenoxy) is 2. The van der Waals surface area contributed by atoms with Crippen molar-refractivity contribution in [2.75, 3.05) is 12.1 Å². The summed E-state index contributed by atoms with van der Waals surface area (Å²) in [6.45, 7) is 0.148. The molecule has 4 rings (SSSR count). The zero-order chi connectivity index (χ0) is 15.8. The molecule has 0 spiro atoms. The molecule has 0 aliphatic carbocycles. The molecule has 3 aromatic rings. The highest BCUT2D eigenvalue weighted by atomic mass is 16.7. The number of aromatic nitrogens is 2. The number of para-hydroxylation sites is 1. The van der Waals surface area contributed by atoms with Gasteiger partial charge in [-0.05, 0) is 18.2 Å². The van der Waals surface area contributed by atoms with Crippen molar-refractivity contribution in [2.24, 2.45) is 7.05 Å². The van der Waals surface area contributed by atoms with E-state index in [0.29, 0.717) is 28.4 Å². The average molecular weight is 311 g/mol. The van der Waals surface area contributed by atoms with Gasteiger partial charge in [-0.25, -0.2) is 0 Å². The molecule has 116 valence electrons. The third-order valence-corrected chi connectivity index (χ3v) is 3.51. The van der Waals surface area contributed by atoms with Crippen LogP contribution < -0.4 is 14.8 Å². The van der Waals surface area contributed by atoms with Gasteiger partial charge in [-0.1, -0.05) is 6.07 Å². The fourth-order valence-corrected chi connectivity index (χ4v) is 2.49. The average Bonchev–Trinajstić information content (AvgIpc) is 3.27. The molecular weight excluding hydrogens is 298 g/mol. The Kier molecular flexibility index (Phi) is 3.04. The second-order valence-electron chi connectivity index (χ2n) is 5.07. The second kappa shape index (κ2) is 5.20. The van der Waals surface area contributed by atoms with Crippen LogP contribution in [-0.4, -0.2) is 22.5 Å². The predicted octanol–water partition coefficient (Wildman–Crippen LogP) is 2.66. The van der Waals surface area contributed by atoms with Crippen molar-refractivity contribution in [2.45, 2.75) is 0 Å². The molecule has 0 radical (unpaired) electrons. The Bertz CT molecular complexity index is 868. The fourth-order valence-electron chi connectivity index (χ4n) is 2.49. The van der Waals surface area contributed by atoms with Crippen molar-refractivity contribution < 1.29 is 18.7 Å². The molecule has 0 fully saturated rings. The lowest BCUT2D eigenvalue weighted by Crippen LogP contribution is -2.12. The quantitative estimate of drug-likeness (QED) is 0.804. The SMILES string of the molecule is Cn1cc(C(=O)Nc2cccc3c2OCO3)c(-c2ccoc2)n1. The minimum atomic E-state index is -0.279. The number of carbonyl (C=O) groups excluding carboxylic acids is 1. The number of furan rings is 1. The number of carbonyl (C=O) groups is 1. The van der Waals surface area contributed by atoms with Crippen LogP contribution in [0.3, 0.4) is 0 Å². The Balaban J connectivity index is 1.67. The van der Waals surface area contributed by atoms with Crippen LogP contribution in [0.25, 0.3) is 11.3 Å². The Labute approximate surface area is 131 Å². The lowest BCUT2D eigenvalue weighted by atomic mass is 10.1. The molecule has 2 aromatic heterocycles. The summed E-state index contributed by atoms with van der Waals surface area (Å²) < 4.78 is 17.4. The van der Waals surface area contributed by atoms with E-state index in [9.17, 15) is 4.79 Å². The Morgan fingerprint density at radius 3 is 3.04 bits per heavy atom. The molecule has 7 heteroatoms. The fraction of sp³-hybridized carbons (Fsp3) is 0.125. The number of hydrogen-bond acceptors (Lipinski definition) is 5. The number of benzene rings is 1. The number of anilines is 1. The summed E-state index contributed by atoms with van der Waals surface area (Å²) in [6.07, 6.45) is 4.76. The van der Waals surface area contributed by atoms with E-state index in [0.717, 1.165) is 5.56 Å². The monoisotopic (exact) mass is 311 g/mol. The molecule has 1 aromatic carbocycles. The summed E-state index contributed by atoms with van der Waals surface area (Å²) in [4.78, 5) is 12.7. The van der Waals surface area contributed by atoms with Crippen molar-refractivity contribution in [3.63, 3.8) is 0 Å². The highest BCUT2D eigenvalue weighted by molar-refractivity contribution is 6.08. The summed E-state index contributed by atoms with van der Waals surface area (Å²) in [6, 6.07) is 7.11. The number of aryl methyl sites for hydroxylation is 1. The first-order chi connectivity index (χ1) is 11.2. The van der Waals surface area contributed by atoms with Gasteiger partial charge in [0, 0.05) is 18.8 Å². The third-order valence-electron chi connectivity index (χ3n) is 3.51. The van der Waals surface area contributed by atoms with Gasteiger partial charge in [0.05, 0.1) is 23.8 Å². The summed E-state index contributed by atoms with van der Waals surface area (Å²) in [7, 11) is 1.76. The molecule has 0 saturated heterocycles. The first-order valence-corrected chi connectivity index (χ1v) is 6.98. The van der Waals surface area contributed by atoms with Crippen molar-refractivity contribution in [1.82, 2.24) is 9.78 Å². The van der Waals surface area contributed by atoms with Crippen LogP contribution in [0, 0.1) is 0 Å². The van der Waals surface area contributed by atoms with Crippen LogP contribution >= 0.6 is 0 Å². The molecule has 0 bridgehead atoms. The van der Waals surface area contributed by atoms with Gasteiger partial charge < -0.3 is 19.2 Å². The Morgan fingerprint density at radius 2 is 2.22 bits per heavy atom. The van der Waals surface area contributed by atoms with E-state index >= 15 is 0 Å². The summed E-state index contributed by atoms with van der Waals surface area (Å²) in [5.74, 6) is 0.872. The lowest BCUT2D eigenvalue weighted by molar-refractivity contribution is 0.102. The standard InChI is InChI=1S/C16H13N3O4/c1-19-7-11(14(18-19)10-5-6-21-8-10)16(20)17-12-3-2-4-13-15(12)23-9-22-13/h2-8H,9H2,1H3,(H,17,20). The molecule has 0 atom stereocenters.